The summed E-state index contributed by atoms with van der Waals surface area (Å²) in [4.78, 5) is 12.1. The van der Waals surface area contributed by atoms with Crippen molar-refractivity contribution in [2.24, 2.45) is 0 Å². The van der Waals surface area contributed by atoms with Crippen LogP contribution in [-0.2, 0) is 10.4 Å². The number of imidazole rings is 1. The summed E-state index contributed by atoms with van der Waals surface area (Å²) in [5.41, 5.74) is 0. The molecule has 0 atom stereocenters. The second-order valence-corrected chi connectivity index (χ2v) is 3.01. The first-order valence-corrected chi connectivity index (χ1v) is 3.89. The third kappa shape index (κ3) is 1.56. The smallest absolute Gasteiger partial charge is 0.358 e. The van der Waals surface area contributed by atoms with Crippen LogP contribution in [0.25, 0.3) is 0 Å². The van der Waals surface area contributed by atoms with Gasteiger partial charge in [0.05, 0.1) is 0 Å². The summed E-state index contributed by atoms with van der Waals surface area (Å²) in [5.74, 6) is -0.726. The highest BCUT2D eigenvalue weighted by molar-refractivity contribution is 7.84. The third-order valence-corrected chi connectivity index (χ3v) is 1.69. The Morgan fingerprint density at radius 1 is 1.67 bits per heavy atom. The molecule has 1 aromatic heterocycles. The van der Waals surface area contributed by atoms with Crippen molar-refractivity contribution in [3.63, 3.8) is 0 Å². The highest BCUT2D eigenvalue weighted by Gasteiger charge is 2.17. The molecule has 0 aliphatic rings. The minimum Gasteiger partial charge on any atom is -0.358 e. The predicted octanol–water partition coefficient (Wildman–Crippen LogP) is -0.146. The van der Waals surface area contributed by atoms with E-state index in [0.29, 0.717) is 12.5 Å². The predicted molar refractivity (Wildman–Crippen MR) is 34.3 cm³/mol. The van der Waals surface area contributed by atoms with Crippen molar-refractivity contribution in [3.05, 3.63) is 22.6 Å². The Bertz CT molecular complexity index is 409. The first-order chi connectivity index (χ1) is 5.41. The zero-order valence-electron chi connectivity index (χ0n) is 5.42. The number of halogens is 1. The molecule has 1 heterocycles. The van der Waals surface area contributed by atoms with Crippen LogP contribution in [0.15, 0.2) is 12.5 Å². The van der Waals surface area contributed by atoms with Gasteiger partial charge < -0.3 is 10.1 Å². The average Bonchev–Trinajstić information content (AvgIpc) is 2.30. The summed E-state index contributed by atoms with van der Waals surface area (Å²) >= 11 is 0. The zero-order valence-corrected chi connectivity index (χ0v) is 6.23. The van der Waals surface area contributed by atoms with Gasteiger partial charge in [0, 0.05) is 0 Å². The molecule has 0 aromatic carbocycles. The Morgan fingerprint density at radius 2 is 2.25 bits per heavy atom. The summed E-state index contributed by atoms with van der Waals surface area (Å²) in [6.45, 7) is 0. The molecule has 0 N–H and O–H groups in total. The van der Waals surface area contributed by atoms with Crippen molar-refractivity contribution < 1.29 is 17.2 Å². The molecule has 66 valence electrons. The second-order valence-electron chi connectivity index (χ2n) is 1.76. The standard InChI is InChI=1S/C3H2FN3O4S/c4-12(10,11)6-1-3(5-2-6)7(8)9/h1-2H. The lowest BCUT2D eigenvalue weighted by molar-refractivity contribution is -0.389. The zero-order chi connectivity index (χ0) is 9.35. The molecule has 0 bridgehead atoms. The fraction of sp³-hybridized carbons (Fsp3) is 0. The number of hydrogen-bond acceptors (Lipinski definition) is 5. The van der Waals surface area contributed by atoms with E-state index in [4.69, 9.17) is 0 Å². The Morgan fingerprint density at radius 3 is 2.50 bits per heavy atom. The van der Waals surface area contributed by atoms with E-state index in [1.165, 1.54) is 0 Å². The Balaban J connectivity index is 3.17. The molecule has 0 spiro atoms. The van der Waals surface area contributed by atoms with Crippen molar-refractivity contribution in [2.45, 2.75) is 0 Å². The van der Waals surface area contributed by atoms with Crippen LogP contribution in [0.5, 0.6) is 0 Å². The van der Waals surface area contributed by atoms with Crippen LogP contribution in [0.4, 0.5) is 9.70 Å². The van der Waals surface area contributed by atoms with Gasteiger partial charge in [-0.15, -0.1) is 0 Å². The molecule has 7 nitrogen and oxygen atoms in total. The van der Waals surface area contributed by atoms with Crippen molar-refractivity contribution in [1.29, 1.82) is 0 Å². The van der Waals surface area contributed by atoms with E-state index in [9.17, 15) is 22.4 Å². The monoisotopic (exact) mass is 195 g/mol. The molecule has 0 saturated heterocycles. The van der Waals surface area contributed by atoms with E-state index >= 15 is 0 Å². The third-order valence-electron chi connectivity index (χ3n) is 0.985. The maximum absolute atomic E-state index is 12.1. The quantitative estimate of drug-likeness (QED) is 0.371. The molecule has 1 rings (SSSR count). The van der Waals surface area contributed by atoms with Gasteiger partial charge in [0.2, 0.25) is 6.33 Å². The Hall–Kier alpha value is -1.51. The first kappa shape index (κ1) is 8.59. The van der Waals surface area contributed by atoms with Crippen molar-refractivity contribution in [3.8, 4) is 0 Å². The highest BCUT2D eigenvalue weighted by Crippen LogP contribution is 2.08. The van der Waals surface area contributed by atoms with E-state index in [1.807, 2.05) is 0 Å². The molecule has 0 fully saturated rings. The van der Waals surface area contributed by atoms with Crippen molar-refractivity contribution >= 4 is 16.2 Å². The normalized spacial score (nSPS) is 11.4. The average molecular weight is 195 g/mol. The lowest BCUT2D eigenvalue weighted by Crippen LogP contribution is -2.02. The molecule has 0 amide bonds. The van der Waals surface area contributed by atoms with Crippen molar-refractivity contribution in [2.75, 3.05) is 0 Å². The summed E-state index contributed by atoms with van der Waals surface area (Å²) in [5, 5.41) is 9.95. The summed E-state index contributed by atoms with van der Waals surface area (Å²) in [6.07, 6.45) is 0.975. The molecule has 1 aromatic rings. The molecule has 9 heteroatoms. The molecule has 0 aliphatic heterocycles. The summed E-state index contributed by atoms with van der Waals surface area (Å²) in [6, 6.07) is 0. The molecule has 0 radical (unpaired) electrons. The highest BCUT2D eigenvalue weighted by atomic mass is 32.3. The Kier molecular flexibility index (Phi) is 1.80. The lowest BCUT2D eigenvalue weighted by Gasteiger charge is -1.87. The van der Waals surface area contributed by atoms with Crippen molar-refractivity contribution in [1.82, 2.24) is 8.96 Å². The molecular weight excluding hydrogens is 193 g/mol. The van der Waals surface area contributed by atoms with E-state index in [0.717, 1.165) is 0 Å². The fourth-order valence-corrected chi connectivity index (χ4v) is 0.890. The topological polar surface area (TPSA) is 95.1 Å². The number of nitrogens with zero attached hydrogens (tertiary/aromatic N) is 3. The molecule has 0 aliphatic carbocycles. The van der Waals surface area contributed by atoms with Gasteiger partial charge in [-0.3, -0.25) is 0 Å². The van der Waals surface area contributed by atoms with Crippen LogP contribution in [0.1, 0.15) is 0 Å². The van der Waals surface area contributed by atoms with Crippen LogP contribution in [0, 0.1) is 10.1 Å². The molecule has 0 saturated carbocycles. The van der Waals surface area contributed by atoms with Crippen LogP contribution >= 0.6 is 0 Å². The van der Waals surface area contributed by atoms with Crippen LogP contribution in [0.2, 0.25) is 0 Å². The first-order valence-electron chi connectivity index (χ1n) is 2.55. The summed E-state index contributed by atoms with van der Waals surface area (Å²) < 4.78 is 32.3. The van der Waals surface area contributed by atoms with Crippen LogP contribution in [0.3, 0.4) is 0 Å². The van der Waals surface area contributed by atoms with Gasteiger partial charge in [0.25, 0.3) is 0 Å². The van der Waals surface area contributed by atoms with E-state index in [1.54, 1.807) is 0 Å². The van der Waals surface area contributed by atoms with E-state index < -0.39 is 21.2 Å². The summed E-state index contributed by atoms with van der Waals surface area (Å²) in [7, 11) is -4.97. The number of aromatic nitrogens is 2. The molecular formula is C3H2FN3O4S. The van der Waals surface area contributed by atoms with Gasteiger partial charge in [-0.05, 0) is 9.91 Å². The minimum absolute atomic E-state index is 0.0190. The van der Waals surface area contributed by atoms with Gasteiger partial charge in [-0.25, -0.2) is 0 Å². The van der Waals surface area contributed by atoms with Gasteiger partial charge >= 0.3 is 16.2 Å². The Labute approximate surface area is 65.9 Å². The van der Waals surface area contributed by atoms with Gasteiger partial charge in [0.15, 0.2) is 0 Å². The number of nitro groups is 1. The van der Waals surface area contributed by atoms with Gasteiger partial charge in [-0.1, -0.05) is 3.89 Å². The van der Waals surface area contributed by atoms with Gasteiger partial charge in [0.1, 0.15) is 6.20 Å². The van der Waals surface area contributed by atoms with E-state index in [-0.39, 0.29) is 3.97 Å². The van der Waals surface area contributed by atoms with Crippen LogP contribution < -0.4 is 0 Å². The molecule has 12 heavy (non-hydrogen) atoms. The lowest BCUT2D eigenvalue weighted by atomic mass is 10.8. The minimum atomic E-state index is -4.97. The number of rotatable bonds is 2. The second kappa shape index (κ2) is 2.52. The molecule has 0 unspecified atom stereocenters. The maximum atomic E-state index is 12.1. The fourth-order valence-electron chi connectivity index (χ4n) is 0.510. The SMILES string of the molecule is O=[N+]([O-])c1cn(S(=O)(=O)F)cn1. The number of hydrogen-bond donors (Lipinski definition) is 0. The van der Waals surface area contributed by atoms with E-state index in [2.05, 4.69) is 4.98 Å². The van der Waals surface area contributed by atoms with Gasteiger partial charge in [-0.2, -0.15) is 12.4 Å². The largest absolute Gasteiger partial charge is 0.406 e. The van der Waals surface area contributed by atoms with Crippen LogP contribution in [-0.4, -0.2) is 22.3 Å². The maximum Gasteiger partial charge on any atom is 0.406 e.